The Hall–Kier alpha value is -2.32. The number of hydrogen-bond donors (Lipinski definition) is 1. The Balaban J connectivity index is 2.20. The number of nitriles is 1. The minimum absolute atomic E-state index is 0.156. The van der Waals surface area contributed by atoms with E-state index in [1.165, 1.54) is 0 Å². The van der Waals surface area contributed by atoms with Crippen LogP contribution in [0.1, 0.15) is 16.7 Å². The monoisotopic (exact) mass is 286 g/mol. The number of anilines is 1. The van der Waals surface area contributed by atoms with Gasteiger partial charge in [-0.3, -0.25) is 4.72 Å². The van der Waals surface area contributed by atoms with E-state index in [-0.39, 0.29) is 5.75 Å². The van der Waals surface area contributed by atoms with Crippen LogP contribution in [0.4, 0.5) is 5.69 Å². The molecule has 0 amide bonds. The molecule has 0 saturated carbocycles. The van der Waals surface area contributed by atoms with E-state index in [0.29, 0.717) is 16.8 Å². The number of nitrogens with zero attached hydrogens (tertiary/aromatic N) is 1. The largest absolute Gasteiger partial charge is 0.283 e. The predicted octanol–water partition coefficient (Wildman–Crippen LogP) is 2.81. The van der Waals surface area contributed by atoms with Gasteiger partial charge in [-0.15, -0.1) is 0 Å². The van der Waals surface area contributed by atoms with Gasteiger partial charge < -0.3 is 0 Å². The first kappa shape index (κ1) is 14.1. The molecule has 0 aliphatic heterocycles. The molecule has 4 nitrogen and oxygen atoms in total. The molecule has 2 aromatic carbocycles. The zero-order valence-electron chi connectivity index (χ0n) is 11.0. The highest BCUT2D eigenvalue weighted by atomic mass is 32.2. The van der Waals surface area contributed by atoms with E-state index in [0.717, 1.165) is 5.56 Å². The Morgan fingerprint density at radius 1 is 1.15 bits per heavy atom. The van der Waals surface area contributed by atoms with Crippen LogP contribution in [0.5, 0.6) is 0 Å². The lowest BCUT2D eigenvalue weighted by molar-refractivity contribution is 0.600. The van der Waals surface area contributed by atoms with Crippen LogP contribution in [0.3, 0.4) is 0 Å². The second-order valence-corrected chi connectivity index (χ2v) is 6.21. The number of nitrogens with one attached hydrogen (secondary N) is 1. The summed E-state index contributed by atoms with van der Waals surface area (Å²) in [4.78, 5) is 0. The molecule has 0 atom stereocenters. The Kier molecular flexibility index (Phi) is 4.06. The summed E-state index contributed by atoms with van der Waals surface area (Å²) in [7, 11) is -3.49. The van der Waals surface area contributed by atoms with E-state index in [4.69, 9.17) is 5.26 Å². The van der Waals surface area contributed by atoms with Gasteiger partial charge in [0.05, 0.1) is 23.1 Å². The Bertz CT molecular complexity index is 761. The van der Waals surface area contributed by atoms with Gasteiger partial charge in [0.2, 0.25) is 10.0 Å². The fourth-order valence-corrected chi connectivity index (χ4v) is 3.10. The summed E-state index contributed by atoms with van der Waals surface area (Å²) in [5.41, 5.74) is 2.48. The van der Waals surface area contributed by atoms with Crippen LogP contribution < -0.4 is 4.72 Å². The van der Waals surface area contributed by atoms with Gasteiger partial charge in [-0.2, -0.15) is 5.26 Å². The van der Waals surface area contributed by atoms with Gasteiger partial charge >= 0.3 is 0 Å². The summed E-state index contributed by atoms with van der Waals surface area (Å²) in [6.07, 6.45) is 0. The summed E-state index contributed by atoms with van der Waals surface area (Å²) in [6, 6.07) is 15.8. The summed E-state index contributed by atoms with van der Waals surface area (Å²) in [5, 5.41) is 8.82. The molecule has 0 unspecified atom stereocenters. The number of aryl methyl sites for hydroxylation is 1. The van der Waals surface area contributed by atoms with E-state index < -0.39 is 10.0 Å². The average Bonchev–Trinajstić information content (AvgIpc) is 2.41. The normalized spacial score (nSPS) is 10.8. The molecular formula is C15H14N2O2S. The molecule has 0 aromatic heterocycles. The highest BCUT2D eigenvalue weighted by Gasteiger charge is 2.13. The van der Waals surface area contributed by atoms with Gasteiger partial charge in [0, 0.05) is 0 Å². The molecular weight excluding hydrogens is 272 g/mol. The topological polar surface area (TPSA) is 70.0 Å². The SMILES string of the molecule is Cc1ccccc1NS(=O)(=O)Cc1cccc(C#N)c1. The molecule has 0 heterocycles. The molecule has 2 rings (SSSR count). The van der Waals surface area contributed by atoms with Crippen LogP contribution in [0.15, 0.2) is 48.5 Å². The van der Waals surface area contributed by atoms with Crippen molar-refractivity contribution in [3.63, 3.8) is 0 Å². The maximum absolute atomic E-state index is 12.1. The maximum Gasteiger partial charge on any atom is 0.236 e. The van der Waals surface area contributed by atoms with Crippen LogP contribution in [0.25, 0.3) is 0 Å². The molecule has 0 saturated heterocycles. The van der Waals surface area contributed by atoms with E-state index in [2.05, 4.69) is 4.72 Å². The van der Waals surface area contributed by atoms with Crippen LogP contribution in [0, 0.1) is 18.3 Å². The Labute approximate surface area is 118 Å². The van der Waals surface area contributed by atoms with Gasteiger partial charge in [-0.1, -0.05) is 30.3 Å². The van der Waals surface area contributed by atoms with Gasteiger partial charge in [0.25, 0.3) is 0 Å². The highest BCUT2D eigenvalue weighted by molar-refractivity contribution is 7.91. The number of hydrogen-bond acceptors (Lipinski definition) is 3. The first-order chi connectivity index (χ1) is 9.50. The summed E-state index contributed by atoms with van der Waals surface area (Å²) < 4.78 is 26.8. The van der Waals surface area contributed by atoms with Crippen molar-refractivity contribution in [2.24, 2.45) is 0 Å². The Morgan fingerprint density at radius 3 is 2.60 bits per heavy atom. The minimum Gasteiger partial charge on any atom is -0.283 e. The van der Waals surface area contributed by atoms with Gasteiger partial charge in [0.15, 0.2) is 0 Å². The van der Waals surface area contributed by atoms with E-state index in [9.17, 15) is 8.42 Å². The smallest absolute Gasteiger partial charge is 0.236 e. The van der Waals surface area contributed by atoms with Crippen molar-refractivity contribution >= 4 is 15.7 Å². The lowest BCUT2D eigenvalue weighted by atomic mass is 10.2. The van der Waals surface area contributed by atoms with Crippen molar-refractivity contribution in [3.05, 3.63) is 65.2 Å². The van der Waals surface area contributed by atoms with Crippen molar-refractivity contribution in [2.75, 3.05) is 4.72 Å². The van der Waals surface area contributed by atoms with Gasteiger partial charge in [-0.25, -0.2) is 8.42 Å². The maximum atomic E-state index is 12.1. The quantitative estimate of drug-likeness (QED) is 0.939. The molecule has 2 aromatic rings. The van der Waals surface area contributed by atoms with Crippen LogP contribution in [-0.4, -0.2) is 8.42 Å². The summed E-state index contributed by atoms with van der Waals surface area (Å²) >= 11 is 0. The molecule has 0 aliphatic carbocycles. The third-order valence-electron chi connectivity index (χ3n) is 2.82. The zero-order valence-corrected chi connectivity index (χ0v) is 11.8. The molecule has 0 fully saturated rings. The first-order valence-corrected chi connectivity index (χ1v) is 7.70. The second-order valence-electron chi connectivity index (χ2n) is 4.49. The molecule has 20 heavy (non-hydrogen) atoms. The lowest BCUT2D eigenvalue weighted by Gasteiger charge is -2.10. The number of benzene rings is 2. The van der Waals surface area contributed by atoms with E-state index in [1.807, 2.05) is 25.1 Å². The van der Waals surface area contributed by atoms with Crippen molar-refractivity contribution in [3.8, 4) is 6.07 Å². The highest BCUT2D eigenvalue weighted by Crippen LogP contribution is 2.17. The predicted molar refractivity (Wildman–Crippen MR) is 78.6 cm³/mol. The number of rotatable bonds is 4. The minimum atomic E-state index is -3.49. The fourth-order valence-electron chi connectivity index (χ4n) is 1.84. The number of para-hydroxylation sites is 1. The van der Waals surface area contributed by atoms with Crippen LogP contribution >= 0.6 is 0 Å². The third kappa shape index (κ3) is 3.59. The third-order valence-corrected chi connectivity index (χ3v) is 4.07. The zero-order chi connectivity index (χ0) is 14.6. The molecule has 0 aliphatic rings. The van der Waals surface area contributed by atoms with Gasteiger partial charge in [0.1, 0.15) is 0 Å². The van der Waals surface area contributed by atoms with Crippen molar-refractivity contribution in [1.82, 2.24) is 0 Å². The second kappa shape index (κ2) is 5.76. The molecule has 1 N–H and O–H groups in total. The van der Waals surface area contributed by atoms with Crippen LogP contribution in [-0.2, 0) is 15.8 Å². The summed E-state index contributed by atoms with van der Waals surface area (Å²) in [5.74, 6) is -0.156. The fraction of sp³-hybridized carbons (Fsp3) is 0.133. The first-order valence-electron chi connectivity index (χ1n) is 6.05. The van der Waals surface area contributed by atoms with Crippen molar-refractivity contribution in [2.45, 2.75) is 12.7 Å². The van der Waals surface area contributed by atoms with Crippen molar-refractivity contribution < 1.29 is 8.42 Å². The molecule has 0 radical (unpaired) electrons. The molecule has 0 bridgehead atoms. The standard InChI is InChI=1S/C15H14N2O2S/c1-12-5-2-3-8-15(12)17-20(18,19)11-14-7-4-6-13(9-14)10-16/h2-9,17H,11H2,1H3. The van der Waals surface area contributed by atoms with Crippen molar-refractivity contribution in [1.29, 1.82) is 5.26 Å². The number of sulfonamides is 1. The Morgan fingerprint density at radius 2 is 1.90 bits per heavy atom. The molecule has 0 spiro atoms. The molecule has 5 heteroatoms. The summed E-state index contributed by atoms with van der Waals surface area (Å²) in [6.45, 7) is 1.84. The van der Waals surface area contributed by atoms with Gasteiger partial charge in [-0.05, 0) is 36.2 Å². The van der Waals surface area contributed by atoms with Crippen LogP contribution in [0.2, 0.25) is 0 Å². The average molecular weight is 286 g/mol. The lowest BCUT2D eigenvalue weighted by Crippen LogP contribution is -2.15. The van der Waals surface area contributed by atoms with E-state index in [1.54, 1.807) is 36.4 Å². The van der Waals surface area contributed by atoms with E-state index >= 15 is 0 Å². The molecule has 102 valence electrons.